The molecule has 1 amide bonds. The van der Waals surface area contributed by atoms with Crippen molar-refractivity contribution >= 4 is 11.9 Å². The van der Waals surface area contributed by atoms with Gasteiger partial charge in [0, 0.05) is 48.0 Å². The molecule has 2 aliphatic heterocycles. The summed E-state index contributed by atoms with van der Waals surface area (Å²) in [6.45, 7) is 1.53. The molecule has 0 fully saturated rings. The molecule has 9 nitrogen and oxygen atoms in total. The lowest BCUT2D eigenvalue weighted by Gasteiger charge is -2.36. The second kappa shape index (κ2) is 8.94. The van der Waals surface area contributed by atoms with Gasteiger partial charge in [-0.15, -0.1) is 0 Å². The molecule has 3 N–H and O–H groups in total. The number of amides is 1. The maximum atomic E-state index is 13.0. The number of fused-ring (bicyclic) bond motifs is 6. The van der Waals surface area contributed by atoms with E-state index in [1.165, 1.54) is 24.3 Å². The minimum absolute atomic E-state index is 0.0344. The lowest BCUT2D eigenvalue weighted by molar-refractivity contribution is 0.0224. The van der Waals surface area contributed by atoms with Gasteiger partial charge in [-0.25, -0.2) is 4.79 Å². The average Bonchev–Trinajstić information content (AvgIpc) is 3.13. The predicted molar refractivity (Wildman–Crippen MR) is 123 cm³/mol. The minimum atomic E-state index is -1.42. The van der Waals surface area contributed by atoms with Crippen LogP contribution in [0.5, 0.6) is 23.0 Å². The number of ether oxygens (including phenoxy) is 4. The summed E-state index contributed by atoms with van der Waals surface area (Å²) >= 11 is 0. The highest BCUT2D eigenvalue weighted by molar-refractivity contribution is 6.00. The highest BCUT2D eigenvalue weighted by atomic mass is 16.6. The van der Waals surface area contributed by atoms with Crippen molar-refractivity contribution in [2.24, 2.45) is 0 Å². The van der Waals surface area contributed by atoms with E-state index in [4.69, 9.17) is 18.9 Å². The maximum absolute atomic E-state index is 13.0. The molecule has 0 saturated carbocycles. The van der Waals surface area contributed by atoms with Gasteiger partial charge in [0.2, 0.25) is 0 Å². The standard InChI is InChI=1S/C26H23NO8/c1-32-10-11-33-9-8-27-24(30)15-2-5-18-21(12-15)26(35-25(18)31)19-6-3-16(28)13-22(19)34-23-14-17(29)4-7-20(23)26/h2-7,12-14,28-29H,8-11H2,1H3,(H,27,30). The number of phenolic OH excluding ortho intramolecular Hbond substituents is 2. The van der Waals surface area contributed by atoms with Crippen LogP contribution in [0.15, 0.2) is 54.6 Å². The van der Waals surface area contributed by atoms with Crippen LogP contribution in [0.2, 0.25) is 0 Å². The second-order valence-corrected chi connectivity index (χ2v) is 8.16. The smallest absolute Gasteiger partial charge is 0.340 e. The van der Waals surface area contributed by atoms with Crippen LogP contribution < -0.4 is 10.1 Å². The van der Waals surface area contributed by atoms with Crippen LogP contribution in [0, 0.1) is 0 Å². The van der Waals surface area contributed by atoms with E-state index in [1.54, 1.807) is 37.4 Å². The first-order valence-corrected chi connectivity index (χ1v) is 11.0. The van der Waals surface area contributed by atoms with Crippen molar-refractivity contribution in [2.45, 2.75) is 5.60 Å². The van der Waals surface area contributed by atoms with E-state index in [0.717, 1.165) is 0 Å². The summed E-state index contributed by atoms with van der Waals surface area (Å²) in [6, 6.07) is 13.8. The Kier molecular flexibility index (Phi) is 5.80. The van der Waals surface area contributed by atoms with Gasteiger partial charge in [-0.2, -0.15) is 0 Å². The molecular weight excluding hydrogens is 454 g/mol. The van der Waals surface area contributed by atoms with E-state index >= 15 is 0 Å². The molecule has 5 rings (SSSR count). The third kappa shape index (κ3) is 3.84. The molecule has 180 valence electrons. The van der Waals surface area contributed by atoms with Crippen LogP contribution in [0.25, 0.3) is 0 Å². The van der Waals surface area contributed by atoms with Crippen LogP contribution in [0.4, 0.5) is 0 Å². The Labute approximate surface area is 200 Å². The number of esters is 1. The SMILES string of the molecule is COCCOCCNC(=O)c1ccc2c(c1)C1(OC2=O)c2ccc(O)cc2Oc2cc(O)ccc21. The van der Waals surface area contributed by atoms with Crippen molar-refractivity contribution in [3.63, 3.8) is 0 Å². The number of carbonyl (C=O) groups is 2. The van der Waals surface area contributed by atoms with E-state index in [0.29, 0.717) is 54.2 Å². The number of hydrogen-bond donors (Lipinski definition) is 3. The fourth-order valence-corrected chi connectivity index (χ4v) is 4.42. The Hall–Kier alpha value is -4.08. The van der Waals surface area contributed by atoms with Gasteiger partial charge in [-0.1, -0.05) is 0 Å². The molecule has 3 aromatic carbocycles. The van der Waals surface area contributed by atoms with Gasteiger partial charge in [0.05, 0.1) is 25.4 Å². The monoisotopic (exact) mass is 477 g/mol. The van der Waals surface area contributed by atoms with Crippen molar-refractivity contribution in [1.29, 1.82) is 0 Å². The number of hydrogen-bond acceptors (Lipinski definition) is 8. The molecule has 1 spiro atoms. The molecule has 2 heterocycles. The summed E-state index contributed by atoms with van der Waals surface area (Å²) in [5.41, 5.74) is 0.675. The fourth-order valence-electron chi connectivity index (χ4n) is 4.42. The normalized spacial score (nSPS) is 14.5. The molecule has 0 aliphatic carbocycles. The van der Waals surface area contributed by atoms with Crippen LogP contribution in [0.3, 0.4) is 0 Å². The summed E-state index contributed by atoms with van der Waals surface area (Å²) in [5.74, 6) is -0.417. The van der Waals surface area contributed by atoms with E-state index < -0.39 is 11.6 Å². The molecule has 0 atom stereocenters. The Morgan fingerprint density at radius 1 is 0.914 bits per heavy atom. The van der Waals surface area contributed by atoms with Gasteiger partial charge in [0.1, 0.15) is 23.0 Å². The first kappa shape index (κ1) is 22.7. The zero-order chi connectivity index (χ0) is 24.6. The quantitative estimate of drug-likeness (QED) is 0.351. The molecule has 35 heavy (non-hydrogen) atoms. The Bertz CT molecular complexity index is 1270. The summed E-state index contributed by atoms with van der Waals surface area (Å²) in [6.07, 6.45) is 0. The number of benzene rings is 3. The Balaban J connectivity index is 1.55. The average molecular weight is 477 g/mol. The number of rotatable bonds is 7. The topological polar surface area (TPSA) is 124 Å². The molecule has 3 aromatic rings. The number of methoxy groups -OCH3 is 1. The molecule has 2 aliphatic rings. The molecule has 0 saturated heterocycles. The van der Waals surface area contributed by atoms with Crippen molar-refractivity contribution in [2.75, 3.05) is 33.5 Å². The largest absolute Gasteiger partial charge is 0.508 e. The van der Waals surface area contributed by atoms with E-state index in [1.807, 2.05) is 0 Å². The first-order chi connectivity index (χ1) is 16.9. The molecule has 0 bridgehead atoms. The number of carbonyl (C=O) groups excluding carboxylic acids is 2. The fraction of sp³-hybridized carbons (Fsp3) is 0.231. The highest BCUT2D eigenvalue weighted by Gasteiger charge is 2.53. The molecular formula is C26H23NO8. The number of phenols is 2. The van der Waals surface area contributed by atoms with Crippen molar-refractivity contribution in [3.05, 3.63) is 82.4 Å². The first-order valence-electron chi connectivity index (χ1n) is 11.0. The van der Waals surface area contributed by atoms with E-state index in [9.17, 15) is 19.8 Å². The van der Waals surface area contributed by atoms with Crippen LogP contribution >= 0.6 is 0 Å². The van der Waals surface area contributed by atoms with Crippen LogP contribution in [0.1, 0.15) is 37.4 Å². The predicted octanol–water partition coefficient (Wildman–Crippen LogP) is 3.06. The van der Waals surface area contributed by atoms with Gasteiger partial charge in [0.15, 0.2) is 5.60 Å². The highest BCUT2D eigenvalue weighted by Crippen LogP contribution is 2.57. The minimum Gasteiger partial charge on any atom is -0.508 e. The van der Waals surface area contributed by atoms with Gasteiger partial charge in [-0.3, -0.25) is 4.79 Å². The van der Waals surface area contributed by atoms with Gasteiger partial charge >= 0.3 is 5.97 Å². The summed E-state index contributed by atoms with van der Waals surface area (Å²) in [7, 11) is 1.58. The van der Waals surface area contributed by atoms with Gasteiger partial charge in [-0.05, 0) is 42.5 Å². The third-order valence-corrected chi connectivity index (χ3v) is 6.00. The van der Waals surface area contributed by atoms with Gasteiger partial charge in [0.25, 0.3) is 5.91 Å². The lowest BCUT2D eigenvalue weighted by atomic mass is 9.77. The molecule has 0 unspecified atom stereocenters. The maximum Gasteiger partial charge on any atom is 0.340 e. The second-order valence-electron chi connectivity index (χ2n) is 8.16. The third-order valence-electron chi connectivity index (χ3n) is 6.00. The molecule has 0 radical (unpaired) electrons. The number of nitrogens with one attached hydrogen (secondary N) is 1. The van der Waals surface area contributed by atoms with Crippen LogP contribution in [-0.2, 0) is 19.8 Å². The molecule has 0 aromatic heterocycles. The zero-order valence-corrected chi connectivity index (χ0v) is 18.9. The lowest BCUT2D eigenvalue weighted by Crippen LogP contribution is -2.33. The number of aromatic hydroxyl groups is 2. The van der Waals surface area contributed by atoms with Crippen molar-refractivity contribution < 1.29 is 38.7 Å². The Morgan fingerprint density at radius 2 is 1.60 bits per heavy atom. The summed E-state index contributed by atoms with van der Waals surface area (Å²) in [4.78, 5) is 25.8. The van der Waals surface area contributed by atoms with Crippen LogP contribution in [-0.4, -0.2) is 55.6 Å². The van der Waals surface area contributed by atoms with Gasteiger partial charge < -0.3 is 34.5 Å². The van der Waals surface area contributed by atoms with E-state index in [-0.39, 0.29) is 28.9 Å². The summed E-state index contributed by atoms with van der Waals surface area (Å²) in [5, 5.41) is 22.9. The van der Waals surface area contributed by atoms with Crippen molar-refractivity contribution in [3.8, 4) is 23.0 Å². The summed E-state index contributed by atoms with van der Waals surface area (Å²) < 4.78 is 22.2. The molecule has 9 heteroatoms. The Morgan fingerprint density at radius 3 is 2.26 bits per heavy atom. The van der Waals surface area contributed by atoms with Crippen molar-refractivity contribution in [1.82, 2.24) is 5.32 Å². The zero-order valence-electron chi connectivity index (χ0n) is 18.9. The van der Waals surface area contributed by atoms with E-state index in [2.05, 4.69) is 5.32 Å².